The highest BCUT2D eigenvalue weighted by molar-refractivity contribution is 5.63. The van der Waals surface area contributed by atoms with Crippen LogP contribution in [0.2, 0.25) is 0 Å². The summed E-state index contributed by atoms with van der Waals surface area (Å²) in [6, 6.07) is 0. The number of carbonyl (C=O) groups is 2. The summed E-state index contributed by atoms with van der Waals surface area (Å²) in [5.74, 6) is -0.158. The van der Waals surface area contributed by atoms with E-state index in [2.05, 4.69) is 15.7 Å². The van der Waals surface area contributed by atoms with Gasteiger partial charge in [-0.15, -0.1) is 0 Å². The Labute approximate surface area is 103 Å². The van der Waals surface area contributed by atoms with Crippen molar-refractivity contribution in [2.75, 3.05) is 18.8 Å². The Hall–Kier alpha value is -2.45. The van der Waals surface area contributed by atoms with Crippen LogP contribution in [0, 0.1) is 0 Å². The molecule has 1 heterocycles. The van der Waals surface area contributed by atoms with Crippen LogP contribution >= 0.6 is 0 Å². The van der Waals surface area contributed by atoms with E-state index in [4.69, 9.17) is 5.73 Å². The number of hydrogen-bond donors (Lipinski definition) is 3. The zero-order valence-electron chi connectivity index (χ0n) is 9.67. The minimum absolute atomic E-state index is 0.0431. The first kappa shape index (κ1) is 13.6. The van der Waals surface area contributed by atoms with Crippen LogP contribution < -0.4 is 26.6 Å². The summed E-state index contributed by atoms with van der Waals surface area (Å²) in [5, 5.41) is 28.7. The number of nitrogen functional groups attached to an aromatic ring is 1. The number of nitrogens with zero attached hydrogens (tertiary/aromatic N) is 2. The first-order chi connectivity index (χ1) is 8.41. The third-order valence-corrected chi connectivity index (χ3v) is 2.44. The smallest absolute Gasteiger partial charge is 0.134 e. The Bertz CT molecular complexity index is 426. The molecule has 1 rings (SSSR count). The van der Waals surface area contributed by atoms with E-state index in [1.165, 1.54) is 10.9 Å². The fourth-order valence-corrected chi connectivity index (χ4v) is 1.48. The fourth-order valence-electron chi connectivity index (χ4n) is 1.48. The average molecular weight is 255 g/mol. The van der Waals surface area contributed by atoms with Gasteiger partial charge in [0, 0.05) is 31.6 Å². The van der Waals surface area contributed by atoms with Crippen LogP contribution in [0.3, 0.4) is 0 Å². The highest BCUT2D eigenvalue weighted by atomic mass is 16.4. The van der Waals surface area contributed by atoms with Crippen LogP contribution in [0.1, 0.15) is 11.5 Å². The van der Waals surface area contributed by atoms with Crippen LogP contribution in [-0.2, 0) is 7.05 Å². The molecule has 0 aliphatic rings. The lowest BCUT2D eigenvalue weighted by Crippen LogP contribution is -2.43. The Morgan fingerprint density at radius 2 is 1.89 bits per heavy atom. The monoisotopic (exact) mass is 255 g/mol. The van der Waals surface area contributed by atoms with Crippen molar-refractivity contribution >= 4 is 18.0 Å². The molecule has 0 spiro atoms. The Balaban J connectivity index is 2.78. The molecule has 4 N–H and O–H groups in total. The lowest BCUT2D eigenvalue weighted by molar-refractivity contribution is -0.251. The topological polar surface area (TPSA) is 148 Å². The zero-order valence-corrected chi connectivity index (χ0v) is 9.67. The van der Waals surface area contributed by atoms with Gasteiger partial charge in [0.2, 0.25) is 0 Å². The van der Waals surface area contributed by atoms with Gasteiger partial charge in [-0.25, -0.2) is 0 Å². The maximum atomic E-state index is 10.3. The van der Waals surface area contributed by atoms with Crippen LogP contribution in [0.4, 0.5) is 15.4 Å². The van der Waals surface area contributed by atoms with Gasteiger partial charge < -0.3 is 36.2 Å². The zero-order chi connectivity index (χ0) is 13.7. The number of nitrogens with one attached hydrogen (secondary N) is 2. The van der Waals surface area contributed by atoms with E-state index in [0.717, 1.165) is 0 Å². The van der Waals surface area contributed by atoms with Gasteiger partial charge in [-0.3, -0.25) is 4.68 Å². The van der Waals surface area contributed by atoms with E-state index in [1.807, 2.05) is 0 Å². The van der Waals surface area contributed by atoms with E-state index >= 15 is 0 Å². The van der Waals surface area contributed by atoms with Gasteiger partial charge in [0.1, 0.15) is 18.0 Å². The standard InChI is InChI=1S/C9H15N5O4/c1-14-7(10)6(4-13-14)5(2-11-8(15)16)3-12-9(17)18/h4-5,11-12H,2-3,10H2,1H3,(H,15,16)(H,17,18)/p-2. The van der Waals surface area contributed by atoms with Gasteiger partial charge in [-0.05, 0) is 0 Å². The number of hydrogen-bond acceptors (Lipinski definition) is 6. The number of carbonyl (C=O) groups excluding carboxylic acids is 2. The molecule has 0 saturated carbocycles. The van der Waals surface area contributed by atoms with E-state index in [0.29, 0.717) is 11.4 Å². The van der Waals surface area contributed by atoms with Gasteiger partial charge in [0.25, 0.3) is 0 Å². The number of aryl methyl sites for hydroxylation is 1. The quantitative estimate of drug-likeness (QED) is 0.509. The SMILES string of the molecule is Cn1ncc(C(CNC(=O)[O-])CNC(=O)[O-])c1N. The van der Waals surface area contributed by atoms with Crippen molar-refractivity contribution in [2.45, 2.75) is 5.92 Å². The van der Waals surface area contributed by atoms with Crippen molar-refractivity contribution in [1.82, 2.24) is 20.4 Å². The number of carboxylic acid groups (broad SMARTS) is 2. The van der Waals surface area contributed by atoms with Crippen LogP contribution in [0.15, 0.2) is 6.20 Å². The molecule has 0 aliphatic heterocycles. The molecule has 0 saturated heterocycles. The lowest BCUT2D eigenvalue weighted by atomic mass is 10.0. The van der Waals surface area contributed by atoms with Gasteiger partial charge in [0.05, 0.1) is 6.20 Å². The lowest BCUT2D eigenvalue weighted by Gasteiger charge is -2.19. The molecule has 2 amide bonds. The molecular formula is C9H13N5O4-2. The molecule has 1 aromatic heterocycles. The van der Waals surface area contributed by atoms with Crippen LogP contribution in [0.5, 0.6) is 0 Å². The summed E-state index contributed by atoms with van der Waals surface area (Å²) < 4.78 is 1.40. The predicted molar refractivity (Wildman–Crippen MR) is 57.2 cm³/mol. The van der Waals surface area contributed by atoms with Crippen molar-refractivity contribution in [3.63, 3.8) is 0 Å². The Kier molecular flexibility index (Phi) is 4.35. The first-order valence-electron chi connectivity index (χ1n) is 5.09. The molecule has 0 radical (unpaired) electrons. The molecule has 0 fully saturated rings. The van der Waals surface area contributed by atoms with Gasteiger partial charge in [-0.1, -0.05) is 0 Å². The Morgan fingerprint density at radius 3 is 2.22 bits per heavy atom. The maximum absolute atomic E-state index is 10.3. The molecule has 0 aliphatic carbocycles. The average Bonchev–Trinajstić information content (AvgIpc) is 2.60. The van der Waals surface area contributed by atoms with Crippen molar-refractivity contribution in [3.8, 4) is 0 Å². The maximum Gasteiger partial charge on any atom is 0.134 e. The minimum atomic E-state index is -1.45. The largest absolute Gasteiger partial charge is 0.530 e. The summed E-state index contributed by atoms with van der Waals surface area (Å²) in [4.78, 5) is 20.7. The second-order valence-corrected chi connectivity index (χ2v) is 3.64. The number of rotatable bonds is 5. The van der Waals surface area contributed by atoms with E-state index < -0.39 is 18.1 Å². The molecule has 0 unspecified atom stereocenters. The highest BCUT2D eigenvalue weighted by Crippen LogP contribution is 2.20. The third kappa shape index (κ3) is 3.54. The Morgan fingerprint density at radius 1 is 1.39 bits per heavy atom. The summed E-state index contributed by atoms with van der Waals surface area (Å²) in [7, 11) is 1.62. The molecule has 0 bridgehead atoms. The van der Waals surface area contributed by atoms with Gasteiger partial charge in [-0.2, -0.15) is 5.10 Å². The number of amides is 2. The molecule has 0 atom stereocenters. The van der Waals surface area contributed by atoms with Crippen molar-refractivity contribution in [1.29, 1.82) is 0 Å². The highest BCUT2D eigenvalue weighted by Gasteiger charge is 2.17. The van der Waals surface area contributed by atoms with Crippen molar-refractivity contribution in [2.24, 2.45) is 7.05 Å². The van der Waals surface area contributed by atoms with Crippen molar-refractivity contribution in [3.05, 3.63) is 11.8 Å². The summed E-state index contributed by atoms with van der Waals surface area (Å²) >= 11 is 0. The van der Waals surface area contributed by atoms with E-state index in [-0.39, 0.29) is 13.1 Å². The second kappa shape index (κ2) is 5.75. The fraction of sp³-hybridized carbons (Fsp3) is 0.444. The molecule has 0 aromatic carbocycles. The first-order valence-corrected chi connectivity index (χ1v) is 5.09. The van der Waals surface area contributed by atoms with E-state index in [1.54, 1.807) is 7.05 Å². The second-order valence-electron chi connectivity index (χ2n) is 3.64. The minimum Gasteiger partial charge on any atom is -0.530 e. The molecule has 9 nitrogen and oxygen atoms in total. The van der Waals surface area contributed by atoms with Crippen LogP contribution in [-0.4, -0.2) is 35.1 Å². The van der Waals surface area contributed by atoms with Gasteiger partial charge >= 0.3 is 0 Å². The van der Waals surface area contributed by atoms with E-state index in [9.17, 15) is 19.8 Å². The predicted octanol–water partition coefficient (Wildman–Crippen LogP) is -3.05. The third-order valence-electron chi connectivity index (χ3n) is 2.44. The van der Waals surface area contributed by atoms with Gasteiger partial charge in [0.15, 0.2) is 0 Å². The molecule has 18 heavy (non-hydrogen) atoms. The normalized spacial score (nSPS) is 10.3. The molecule has 100 valence electrons. The summed E-state index contributed by atoms with van der Waals surface area (Å²) in [6.45, 7) is -0.0863. The number of anilines is 1. The molecular weight excluding hydrogens is 242 g/mol. The number of aromatic nitrogens is 2. The molecule has 1 aromatic rings. The van der Waals surface area contributed by atoms with Crippen molar-refractivity contribution < 1.29 is 19.8 Å². The summed E-state index contributed by atoms with van der Waals surface area (Å²) in [5.41, 5.74) is 6.28. The van der Waals surface area contributed by atoms with Crippen LogP contribution in [0.25, 0.3) is 0 Å². The number of nitrogens with two attached hydrogens (primary N) is 1. The molecule has 9 heteroatoms. The summed E-state index contributed by atoms with van der Waals surface area (Å²) in [6.07, 6.45) is -1.44.